The molecular weight excluding hydrogens is 574 g/mol. The minimum Gasteiger partial charge on any atom is -0.457 e. The molecule has 2 amide bonds. The number of nitrogens with zero attached hydrogens (tertiary/aromatic N) is 2. The van der Waals surface area contributed by atoms with Crippen molar-refractivity contribution in [1.29, 1.82) is 0 Å². The summed E-state index contributed by atoms with van der Waals surface area (Å²) in [6, 6.07) is 22.3. The Morgan fingerprint density at radius 3 is 2.33 bits per heavy atom. The van der Waals surface area contributed by atoms with Crippen molar-refractivity contribution in [1.82, 2.24) is 9.88 Å². The van der Waals surface area contributed by atoms with E-state index in [9.17, 15) is 19.2 Å². The van der Waals surface area contributed by atoms with E-state index in [0.717, 1.165) is 0 Å². The van der Waals surface area contributed by atoms with E-state index in [1.807, 2.05) is 30.3 Å². The first-order chi connectivity index (χ1) is 21.8. The number of pyridine rings is 1. The number of hydrogen-bond acceptors (Lipinski definition) is 8. The monoisotopic (exact) mass is 607 g/mol. The highest BCUT2D eigenvalue weighted by atomic mass is 16.5. The number of amides is 2. The quantitative estimate of drug-likeness (QED) is 0.171. The zero-order valence-electron chi connectivity index (χ0n) is 25.0. The van der Waals surface area contributed by atoms with Crippen molar-refractivity contribution in [2.75, 3.05) is 5.32 Å². The SMILES string of the molecule is CCC(=O)CCC(C(C)=O)N1Cc2ccc(COC(=O)Nc3ccc(Oc4ccccc4)cc3)c(Oc3cccnc3)c2C1=O. The van der Waals surface area contributed by atoms with Crippen LogP contribution in [0, 0.1) is 0 Å². The van der Waals surface area contributed by atoms with E-state index in [-0.39, 0.29) is 48.9 Å². The van der Waals surface area contributed by atoms with Crippen LogP contribution in [0.4, 0.5) is 10.5 Å². The lowest BCUT2D eigenvalue weighted by molar-refractivity contribution is -0.122. The fourth-order valence-corrected chi connectivity index (χ4v) is 5.02. The van der Waals surface area contributed by atoms with Crippen LogP contribution in [0.3, 0.4) is 0 Å². The van der Waals surface area contributed by atoms with E-state index < -0.39 is 18.0 Å². The molecule has 0 aliphatic carbocycles. The van der Waals surface area contributed by atoms with Gasteiger partial charge in [-0.1, -0.05) is 37.3 Å². The molecule has 230 valence electrons. The Bertz CT molecular complexity index is 1680. The number of ether oxygens (including phenoxy) is 3. The van der Waals surface area contributed by atoms with E-state index in [4.69, 9.17) is 14.2 Å². The number of Topliss-reactive ketones (excluding diaryl/α,β-unsaturated/α-hetero) is 2. The standard InChI is InChI=1S/C35H33N3O7/c1-3-27(40)15-18-31(23(2)39)38-21-24-11-12-25(33(32(24)34(38)41)45-30-10-7-19-36-20-30)22-43-35(42)37-26-13-16-29(17-14-26)44-28-8-5-4-6-9-28/h4-14,16-17,19-20,31H,3,15,18,21-22H2,1-2H3,(H,37,42). The fraction of sp³-hybridized carbons (Fsp3) is 0.229. The molecule has 1 N–H and O–H groups in total. The van der Waals surface area contributed by atoms with Gasteiger partial charge >= 0.3 is 6.09 Å². The molecule has 1 unspecified atom stereocenters. The molecule has 1 aliphatic rings. The van der Waals surface area contributed by atoms with Crippen molar-refractivity contribution in [3.63, 3.8) is 0 Å². The van der Waals surface area contributed by atoms with E-state index in [1.165, 1.54) is 18.0 Å². The molecule has 1 atom stereocenters. The Hall–Kier alpha value is -5.51. The van der Waals surface area contributed by atoms with Crippen LogP contribution in [-0.4, -0.2) is 39.5 Å². The predicted molar refractivity (Wildman–Crippen MR) is 166 cm³/mol. The molecule has 45 heavy (non-hydrogen) atoms. The Morgan fingerprint density at radius 2 is 1.64 bits per heavy atom. The lowest BCUT2D eigenvalue weighted by Gasteiger charge is -2.25. The van der Waals surface area contributed by atoms with E-state index >= 15 is 0 Å². The second kappa shape index (κ2) is 14.3. The third-order valence-corrected chi connectivity index (χ3v) is 7.37. The van der Waals surface area contributed by atoms with Gasteiger partial charge in [0, 0.05) is 36.8 Å². The number of carbonyl (C=O) groups is 4. The van der Waals surface area contributed by atoms with Gasteiger partial charge in [-0.3, -0.25) is 24.7 Å². The maximum absolute atomic E-state index is 13.8. The number of rotatable bonds is 13. The third-order valence-electron chi connectivity index (χ3n) is 7.37. The van der Waals surface area contributed by atoms with Gasteiger partial charge in [-0.2, -0.15) is 0 Å². The molecule has 4 aromatic rings. The van der Waals surface area contributed by atoms with Crippen LogP contribution in [0.15, 0.2) is 91.3 Å². The molecule has 0 radical (unpaired) electrons. The lowest BCUT2D eigenvalue weighted by Crippen LogP contribution is -2.40. The van der Waals surface area contributed by atoms with Crippen molar-refractivity contribution < 1.29 is 33.4 Å². The van der Waals surface area contributed by atoms with E-state index in [2.05, 4.69) is 10.3 Å². The lowest BCUT2D eigenvalue weighted by atomic mass is 10.0. The second-order valence-corrected chi connectivity index (χ2v) is 10.5. The number of anilines is 1. The van der Waals surface area contributed by atoms with Crippen LogP contribution in [-0.2, 0) is 27.5 Å². The van der Waals surface area contributed by atoms with Crippen molar-refractivity contribution >= 4 is 29.3 Å². The first-order valence-corrected chi connectivity index (χ1v) is 14.6. The van der Waals surface area contributed by atoms with Gasteiger partial charge in [-0.15, -0.1) is 0 Å². The molecule has 5 rings (SSSR count). The molecule has 3 aromatic carbocycles. The molecule has 0 spiro atoms. The minimum atomic E-state index is -0.749. The minimum absolute atomic E-state index is 0.0279. The summed E-state index contributed by atoms with van der Waals surface area (Å²) in [5.74, 6) is 1.35. The second-order valence-electron chi connectivity index (χ2n) is 10.5. The summed E-state index contributed by atoms with van der Waals surface area (Å²) in [6.07, 6.45) is 3.22. The van der Waals surface area contributed by atoms with Crippen molar-refractivity contribution in [3.05, 3.63) is 108 Å². The van der Waals surface area contributed by atoms with Crippen LogP contribution < -0.4 is 14.8 Å². The molecule has 2 heterocycles. The normalized spacial score (nSPS) is 12.7. The van der Waals surface area contributed by atoms with Gasteiger partial charge in [0.15, 0.2) is 5.78 Å². The third kappa shape index (κ3) is 7.72. The Balaban J connectivity index is 1.31. The summed E-state index contributed by atoms with van der Waals surface area (Å²) >= 11 is 0. The molecule has 10 heteroatoms. The average molecular weight is 608 g/mol. The van der Waals surface area contributed by atoms with Gasteiger partial charge in [0.25, 0.3) is 5.91 Å². The van der Waals surface area contributed by atoms with Crippen molar-refractivity contribution in [3.8, 4) is 23.0 Å². The summed E-state index contributed by atoms with van der Waals surface area (Å²) < 4.78 is 17.5. The number of nitrogens with one attached hydrogen (secondary N) is 1. The molecule has 0 saturated heterocycles. The van der Waals surface area contributed by atoms with Gasteiger partial charge in [0.2, 0.25) is 0 Å². The molecule has 1 aliphatic heterocycles. The van der Waals surface area contributed by atoms with Gasteiger partial charge < -0.3 is 19.1 Å². The average Bonchev–Trinajstić information content (AvgIpc) is 3.38. The number of para-hydroxylation sites is 1. The highest BCUT2D eigenvalue weighted by molar-refractivity contribution is 6.04. The number of benzene rings is 3. The first kappa shape index (κ1) is 30.9. The summed E-state index contributed by atoms with van der Waals surface area (Å²) in [5.41, 5.74) is 1.90. The fourth-order valence-electron chi connectivity index (χ4n) is 5.02. The number of hydrogen-bond donors (Lipinski definition) is 1. The number of aromatic nitrogens is 1. The maximum Gasteiger partial charge on any atom is 0.411 e. The summed E-state index contributed by atoms with van der Waals surface area (Å²) in [5, 5.41) is 2.69. The van der Waals surface area contributed by atoms with Crippen LogP contribution in [0.5, 0.6) is 23.0 Å². The van der Waals surface area contributed by atoms with Crippen LogP contribution in [0.25, 0.3) is 0 Å². The summed E-state index contributed by atoms with van der Waals surface area (Å²) in [6.45, 7) is 3.18. The van der Waals surface area contributed by atoms with Crippen molar-refractivity contribution in [2.45, 2.75) is 52.3 Å². The molecule has 0 saturated carbocycles. The number of ketones is 2. The molecule has 0 fully saturated rings. The smallest absolute Gasteiger partial charge is 0.411 e. The van der Waals surface area contributed by atoms with Gasteiger partial charge in [-0.05, 0) is 67.4 Å². The molecular formula is C35H33N3O7. The first-order valence-electron chi connectivity index (χ1n) is 14.6. The Labute approximate surface area is 260 Å². The molecule has 1 aromatic heterocycles. The Kier molecular flexibility index (Phi) is 9.83. The predicted octanol–water partition coefficient (Wildman–Crippen LogP) is 7.09. The van der Waals surface area contributed by atoms with Gasteiger partial charge in [0.05, 0.1) is 17.8 Å². The van der Waals surface area contributed by atoms with Gasteiger partial charge in [-0.25, -0.2) is 4.79 Å². The van der Waals surface area contributed by atoms with Crippen LogP contribution in [0.1, 0.15) is 54.6 Å². The molecule has 10 nitrogen and oxygen atoms in total. The number of fused-ring (bicyclic) bond motifs is 1. The number of carbonyl (C=O) groups excluding carboxylic acids is 4. The zero-order valence-corrected chi connectivity index (χ0v) is 25.0. The highest BCUT2D eigenvalue weighted by Gasteiger charge is 2.38. The topological polar surface area (TPSA) is 124 Å². The van der Waals surface area contributed by atoms with Gasteiger partial charge in [0.1, 0.15) is 35.4 Å². The van der Waals surface area contributed by atoms with E-state index in [0.29, 0.717) is 40.5 Å². The van der Waals surface area contributed by atoms with E-state index in [1.54, 1.807) is 61.7 Å². The highest BCUT2D eigenvalue weighted by Crippen LogP contribution is 2.38. The Morgan fingerprint density at radius 1 is 0.911 bits per heavy atom. The maximum atomic E-state index is 13.8. The van der Waals surface area contributed by atoms with Crippen LogP contribution >= 0.6 is 0 Å². The summed E-state index contributed by atoms with van der Waals surface area (Å²) in [4.78, 5) is 56.7. The zero-order chi connectivity index (χ0) is 31.8. The largest absolute Gasteiger partial charge is 0.457 e. The van der Waals surface area contributed by atoms with Crippen LogP contribution in [0.2, 0.25) is 0 Å². The van der Waals surface area contributed by atoms with Crippen molar-refractivity contribution in [2.24, 2.45) is 0 Å². The summed E-state index contributed by atoms with van der Waals surface area (Å²) in [7, 11) is 0. The molecule has 0 bridgehead atoms.